The third-order valence-electron chi connectivity index (χ3n) is 8.17. The molecule has 0 aliphatic heterocycles. The second-order valence-electron chi connectivity index (χ2n) is 11.8. The number of hydrogen-bond donors (Lipinski definition) is 0. The minimum Gasteiger partial charge on any atom is -0.318 e. The second-order valence-corrected chi connectivity index (χ2v) is 11.8. The van der Waals surface area contributed by atoms with Crippen molar-refractivity contribution in [3.8, 4) is 0 Å². The summed E-state index contributed by atoms with van der Waals surface area (Å²) in [5, 5.41) is 12.3. The molecule has 0 aliphatic rings. The number of unbranched alkanes of at least 4 members (excludes halogenated alkanes) is 3. The smallest absolute Gasteiger partial charge is 0.318 e. The highest BCUT2D eigenvalue weighted by atomic mass is 16.7. The Morgan fingerprint density at radius 2 is 1.21 bits per heavy atom. The van der Waals surface area contributed by atoms with E-state index in [-0.39, 0.29) is 0 Å². The first-order valence-electron chi connectivity index (χ1n) is 16.1. The number of benzene rings is 5. The predicted molar refractivity (Wildman–Crippen MR) is 192 cm³/mol. The molecule has 0 saturated carbocycles. The lowest BCUT2D eigenvalue weighted by Gasteiger charge is -2.28. The Morgan fingerprint density at radius 3 is 1.81 bits per heavy atom. The molecule has 0 aromatic heterocycles. The standard InChI is InChI=1S/C40H41N3O4/c1-6-7-8-9-12-31-15-19-35(20-16-31)43(36-21-17-32(18-22-36)27(2)41-46-29(4)44)40-24-23-37(28(3)42-47-30(5)45)38-25-33-13-10-11-14-34(33)26-39(38)40/h10-11,13-26H,6-9,12H2,1-5H3/b41-27-,42-28+. The van der Waals surface area contributed by atoms with Crippen LogP contribution in [-0.2, 0) is 25.7 Å². The van der Waals surface area contributed by atoms with Crippen LogP contribution in [-0.4, -0.2) is 23.4 Å². The van der Waals surface area contributed by atoms with Gasteiger partial charge in [0.1, 0.15) is 0 Å². The molecule has 0 fully saturated rings. The number of carbonyl (C=O) groups is 2. The molecule has 0 N–H and O–H groups in total. The minimum atomic E-state index is -0.465. The van der Waals surface area contributed by atoms with Gasteiger partial charge in [-0.15, -0.1) is 0 Å². The fourth-order valence-electron chi connectivity index (χ4n) is 5.74. The summed E-state index contributed by atoms with van der Waals surface area (Å²) < 4.78 is 0. The molecule has 0 radical (unpaired) electrons. The van der Waals surface area contributed by atoms with Crippen LogP contribution in [0.1, 0.15) is 77.0 Å². The highest BCUT2D eigenvalue weighted by Crippen LogP contribution is 2.41. The molecular weight excluding hydrogens is 586 g/mol. The molecule has 0 amide bonds. The van der Waals surface area contributed by atoms with Gasteiger partial charge in [-0.05, 0) is 96.4 Å². The lowest BCUT2D eigenvalue weighted by molar-refractivity contribution is -0.141. The van der Waals surface area contributed by atoms with Crippen molar-refractivity contribution in [3.05, 3.63) is 114 Å². The Hall–Kier alpha value is -5.30. The van der Waals surface area contributed by atoms with Crippen LogP contribution >= 0.6 is 0 Å². The number of rotatable bonds is 12. The highest BCUT2D eigenvalue weighted by molar-refractivity contribution is 6.16. The molecule has 7 nitrogen and oxygen atoms in total. The van der Waals surface area contributed by atoms with Crippen LogP contribution in [0.5, 0.6) is 0 Å². The van der Waals surface area contributed by atoms with Crippen LogP contribution in [0.25, 0.3) is 21.5 Å². The van der Waals surface area contributed by atoms with Crippen molar-refractivity contribution in [2.45, 2.75) is 66.7 Å². The molecule has 7 heteroatoms. The van der Waals surface area contributed by atoms with Gasteiger partial charge in [-0.25, -0.2) is 9.59 Å². The Bertz CT molecular complexity index is 1940. The predicted octanol–water partition coefficient (Wildman–Crippen LogP) is 10.2. The van der Waals surface area contributed by atoms with Crippen molar-refractivity contribution in [2.75, 3.05) is 4.90 Å². The minimum absolute atomic E-state index is 0.461. The third-order valence-corrected chi connectivity index (χ3v) is 8.17. The second kappa shape index (κ2) is 15.3. The lowest BCUT2D eigenvalue weighted by Crippen LogP contribution is -2.12. The van der Waals surface area contributed by atoms with Gasteiger partial charge < -0.3 is 14.6 Å². The van der Waals surface area contributed by atoms with E-state index >= 15 is 0 Å². The Labute approximate surface area is 276 Å². The van der Waals surface area contributed by atoms with Gasteiger partial charge in [0, 0.05) is 36.2 Å². The van der Waals surface area contributed by atoms with Gasteiger partial charge in [-0.2, -0.15) is 0 Å². The molecule has 0 spiro atoms. The zero-order chi connectivity index (χ0) is 33.3. The van der Waals surface area contributed by atoms with Gasteiger partial charge in [0.05, 0.1) is 17.1 Å². The molecule has 5 aromatic rings. The van der Waals surface area contributed by atoms with Crippen LogP contribution in [0.15, 0.2) is 107 Å². The maximum atomic E-state index is 11.6. The molecule has 0 atom stereocenters. The van der Waals surface area contributed by atoms with Crippen LogP contribution in [0.3, 0.4) is 0 Å². The molecule has 0 unspecified atom stereocenters. The van der Waals surface area contributed by atoms with Crippen molar-refractivity contribution < 1.29 is 19.3 Å². The first-order chi connectivity index (χ1) is 22.7. The number of fused-ring (bicyclic) bond motifs is 2. The van der Waals surface area contributed by atoms with E-state index in [0.29, 0.717) is 11.4 Å². The number of aryl methyl sites for hydroxylation is 1. The van der Waals surface area contributed by atoms with E-state index < -0.39 is 11.9 Å². The Morgan fingerprint density at radius 1 is 0.638 bits per heavy atom. The molecular formula is C40H41N3O4. The van der Waals surface area contributed by atoms with Crippen molar-refractivity contribution in [3.63, 3.8) is 0 Å². The van der Waals surface area contributed by atoms with Gasteiger partial charge in [0.2, 0.25) is 0 Å². The SMILES string of the molecule is CCCCCCc1ccc(N(c2ccc(/C(C)=N\OC(C)=O)cc2)c2ccc(/C(C)=N/OC(C)=O)c3cc4ccccc4cc23)cc1. The fraction of sp³-hybridized carbons (Fsp3) is 0.250. The quantitative estimate of drug-likeness (QED) is 0.0452. The molecule has 240 valence electrons. The number of anilines is 3. The monoisotopic (exact) mass is 627 g/mol. The van der Waals surface area contributed by atoms with Crippen molar-refractivity contribution >= 4 is 62.0 Å². The Balaban J connectivity index is 1.67. The summed E-state index contributed by atoms with van der Waals surface area (Å²) in [5.41, 5.74) is 7.23. The summed E-state index contributed by atoms with van der Waals surface area (Å²) >= 11 is 0. The first-order valence-corrected chi connectivity index (χ1v) is 16.1. The summed E-state index contributed by atoms with van der Waals surface area (Å²) in [6.07, 6.45) is 5.96. The summed E-state index contributed by atoms with van der Waals surface area (Å²) in [4.78, 5) is 35.0. The third kappa shape index (κ3) is 8.11. The van der Waals surface area contributed by atoms with E-state index in [1.165, 1.54) is 45.1 Å². The number of carbonyl (C=O) groups excluding carboxylic acids is 2. The molecule has 0 aliphatic carbocycles. The zero-order valence-electron chi connectivity index (χ0n) is 27.7. The van der Waals surface area contributed by atoms with Crippen LogP contribution in [0, 0.1) is 0 Å². The maximum Gasteiger partial charge on any atom is 0.331 e. The topological polar surface area (TPSA) is 80.6 Å². The van der Waals surface area contributed by atoms with Crippen LogP contribution in [0.2, 0.25) is 0 Å². The maximum absolute atomic E-state index is 11.6. The molecule has 5 aromatic carbocycles. The van der Waals surface area contributed by atoms with E-state index in [0.717, 1.165) is 56.2 Å². The van der Waals surface area contributed by atoms with Gasteiger partial charge in [-0.3, -0.25) is 0 Å². The van der Waals surface area contributed by atoms with Crippen molar-refractivity contribution in [1.29, 1.82) is 0 Å². The van der Waals surface area contributed by atoms with E-state index in [4.69, 9.17) is 9.68 Å². The summed E-state index contributed by atoms with van der Waals surface area (Å²) in [6, 6.07) is 33.7. The number of nitrogens with zero attached hydrogens (tertiary/aromatic N) is 3. The van der Waals surface area contributed by atoms with Crippen LogP contribution < -0.4 is 4.90 Å². The van der Waals surface area contributed by atoms with Gasteiger partial charge in [0.15, 0.2) is 0 Å². The molecule has 0 bridgehead atoms. The van der Waals surface area contributed by atoms with E-state index in [2.05, 4.69) is 88.9 Å². The Kier molecular flexibility index (Phi) is 10.8. The highest BCUT2D eigenvalue weighted by Gasteiger charge is 2.19. The number of oxime groups is 2. The molecule has 47 heavy (non-hydrogen) atoms. The van der Waals surface area contributed by atoms with Crippen molar-refractivity contribution in [2.24, 2.45) is 10.3 Å². The largest absolute Gasteiger partial charge is 0.331 e. The van der Waals surface area contributed by atoms with Gasteiger partial charge in [-0.1, -0.05) is 91.1 Å². The van der Waals surface area contributed by atoms with E-state index in [1.54, 1.807) is 0 Å². The van der Waals surface area contributed by atoms with Crippen molar-refractivity contribution in [1.82, 2.24) is 0 Å². The summed E-state index contributed by atoms with van der Waals surface area (Å²) in [7, 11) is 0. The average molecular weight is 628 g/mol. The summed E-state index contributed by atoms with van der Waals surface area (Å²) in [6.45, 7) is 8.57. The van der Waals surface area contributed by atoms with Gasteiger partial charge in [0.25, 0.3) is 0 Å². The average Bonchev–Trinajstić information content (AvgIpc) is 3.08. The molecule has 0 saturated heterocycles. The van der Waals surface area contributed by atoms with Crippen LogP contribution in [0.4, 0.5) is 17.1 Å². The molecule has 5 rings (SSSR count). The zero-order valence-corrected chi connectivity index (χ0v) is 27.7. The number of hydrogen-bond acceptors (Lipinski definition) is 7. The normalized spacial score (nSPS) is 11.9. The fourth-order valence-corrected chi connectivity index (χ4v) is 5.74. The van der Waals surface area contributed by atoms with E-state index in [9.17, 15) is 9.59 Å². The van der Waals surface area contributed by atoms with E-state index in [1.807, 2.05) is 44.2 Å². The summed E-state index contributed by atoms with van der Waals surface area (Å²) in [5.74, 6) is -0.927. The molecule has 0 heterocycles. The first kappa shape index (κ1) is 33.1. The van der Waals surface area contributed by atoms with Gasteiger partial charge >= 0.3 is 11.9 Å². The lowest BCUT2D eigenvalue weighted by atomic mass is 9.95.